The second kappa shape index (κ2) is 4.28. The molecule has 0 saturated heterocycles. The summed E-state index contributed by atoms with van der Waals surface area (Å²) in [7, 11) is 0. The molecule has 2 N–H and O–H groups in total. The lowest BCUT2D eigenvalue weighted by molar-refractivity contribution is 0.207. The van der Waals surface area contributed by atoms with Crippen molar-refractivity contribution in [2.75, 3.05) is 0 Å². The Kier molecular flexibility index (Phi) is 2.74. The monoisotopic (exact) mass is 245 g/mol. The average molecular weight is 245 g/mol. The van der Waals surface area contributed by atoms with E-state index in [1.165, 1.54) is 19.3 Å². The predicted octanol–water partition coefficient (Wildman–Crippen LogP) is 3.01. The van der Waals surface area contributed by atoms with Gasteiger partial charge in [0.2, 0.25) is 0 Å². The standard InChI is InChI=1S/C14H19N3O/c1-10-4-5-12(18-10)13-11(9-16-17-13)8-15-14(2)6-3-7-14/h4-5,9,15H,3,6-8H2,1-2H3,(H,16,17). The summed E-state index contributed by atoms with van der Waals surface area (Å²) in [6, 6.07) is 3.96. The van der Waals surface area contributed by atoms with E-state index in [0.29, 0.717) is 5.54 Å². The van der Waals surface area contributed by atoms with Gasteiger partial charge in [-0.15, -0.1) is 0 Å². The minimum absolute atomic E-state index is 0.313. The lowest BCUT2D eigenvalue weighted by atomic mass is 9.78. The van der Waals surface area contributed by atoms with Crippen LogP contribution in [0.2, 0.25) is 0 Å². The molecule has 2 heterocycles. The molecule has 0 aliphatic heterocycles. The largest absolute Gasteiger partial charge is 0.460 e. The normalized spacial score (nSPS) is 17.7. The van der Waals surface area contributed by atoms with Crippen LogP contribution in [0.25, 0.3) is 11.5 Å². The van der Waals surface area contributed by atoms with E-state index in [1.807, 2.05) is 25.3 Å². The third-order valence-electron chi connectivity index (χ3n) is 3.87. The first-order valence-electron chi connectivity index (χ1n) is 6.50. The molecule has 1 saturated carbocycles. The van der Waals surface area contributed by atoms with Crippen molar-refractivity contribution in [2.45, 2.75) is 45.2 Å². The van der Waals surface area contributed by atoms with Gasteiger partial charge in [0.05, 0.1) is 6.20 Å². The molecular weight excluding hydrogens is 226 g/mol. The highest BCUT2D eigenvalue weighted by molar-refractivity contribution is 5.56. The molecule has 2 aromatic rings. The maximum Gasteiger partial charge on any atom is 0.152 e. The van der Waals surface area contributed by atoms with Gasteiger partial charge in [-0.3, -0.25) is 5.10 Å². The molecule has 0 amide bonds. The first-order chi connectivity index (χ1) is 8.66. The second-order valence-corrected chi connectivity index (χ2v) is 5.45. The van der Waals surface area contributed by atoms with Gasteiger partial charge in [-0.05, 0) is 45.2 Å². The molecule has 0 aromatic carbocycles. The maximum atomic E-state index is 5.64. The third kappa shape index (κ3) is 2.08. The number of hydrogen-bond donors (Lipinski definition) is 2. The Bertz CT molecular complexity index is 537. The van der Waals surface area contributed by atoms with Crippen molar-refractivity contribution in [2.24, 2.45) is 0 Å². The highest BCUT2D eigenvalue weighted by Gasteiger charge is 2.31. The molecule has 0 radical (unpaired) electrons. The molecule has 0 spiro atoms. The Morgan fingerprint density at radius 1 is 1.44 bits per heavy atom. The van der Waals surface area contributed by atoms with Gasteiger partial charge in [-0.25, -0.2) is 0 Å². The van der Waals surface area contributed by atoms with Crippen LogP contribution >= 0.6 is 0 Å². The van der Waals surface area contributed by atoms with Gasteiger partial charge < -0.3 is 9.73 Å². The number of aromatic amines is 1. The maximum absolute atomic E-state index is 5.64. The smallest absolute Gasteiger partial charge is 0.152 e. The first-order valence-corrected chi connectivity index (χ1v) is 6.50. The summed E-state index contributed by atoms with van der Waals surface area (Å²) in [6.07, 6.45) is 5.74. The molecular formula is C14H19N3O. The highest BCUT2D eigenvalue weighted by Crippen LogP contribution is 2.32. The van der Waals surface area contributed by atoms with Crippen LogP contribution in [-0.2, 0) is 6.54 Å². The van der Waals surface area contributed by atoms with Gasteiger partial charge in [-0.2, -0.15) is 5.10 Å². The van der Waals surface area contributed by atoms with Crippen molar-refractivity contribution in [3.63, 3.8) is 0 Å². The van der Waals surface area contributed by atoms with E-state index in [2.05, 4.69) is 22.4 Å². The van der Waals surface area contributed by atoms with Gasteiger partial charge in [0, 0.05) is 17.6 Å². The molecule has 1 aliphatic carbocycles. The fourth-order valence-corrected chi connectivity index (χ4v) is 2.42. The summed E-state index contributed by atoms with van der Waals surface area (Å²) < 4.78 is 5.64. The highest BCUT2D eigenvalue weighted by atomic mass is 16.3. The minimum Gasteiger partial charge on any atom is -0.460 e. The molecule has 96 valence electrons. The quantitative estimate of drug-likeness (QED) is 0.870. The van der Waals surface area contributed by atoms with Crippen LogP contribution in [0.15, 0.2) is 22.7 Å². The Labute approximate surface area is 107 Å². The number of aromatic nitrogens is 2. The van der Waals surface area contributed by atoms with Crippen molar-refractivity contribution in [3.8, 4) is 11.5 Å². The van der Waals surface area contributed by atoms with Crippen molar-refractivity contribution in [1.82, 2.24) is 15.5 Å². The van der Waals surface area contributed by atoms with E-state index >= 15 is 0 Å². The van der Waals surface area contributed by atoms with Crippen LogP contribution < -0.4 is 5.32 Å². The van der Waals surface area contributed by atoms with E-state index in [0.717, 1.165) is 29.3 Å². The van der Waals surface area contributed by atoms with E-state index in [1.54, 1.807) is 0 Å². The zero-order chi connectivity index (χ0) is 12.6. The Balaban J connectivity index is 1.75. The third-order valence-corrected chi connectivity index (χ3v) is 3.87. The number of aryl methyl sites for hydroxylation is 1. The number of nitrogens with zero attached hydrogens (tertiary/aromatic N) is 1. The van der Waals surface area contributed by atoms with Gasteiger partial charge in [0.1, 0.15) is 11.5 Å². The van der Waals surface area contributed by atoms with Crippen LogP contribution in [0, 0.1) is 6.92 Å². The molecule has 4 heteroatoms. The molecule has 2 aromatic heterocycles. The number of furan rings is 1. The molecule has 4 nitrogen and oxygen atoms in total. The number of nitrogens with one attached hydrogen (secondary N) is 2. The van der Waals surface area contributed by atoms with E-state index < -0.39 is 0 Å². The number of rotatable bonds is 4. The zero-order valence-electron chi connectivity index (χ0n) is 10.9. The molecule has 3 rings (SSSR count). The van der Waals surface area contributed by atoms with Crippen LogP contribution in [0.1, 0.15) is 37.5 Å². The molecule has 18 heavy (non-hydrogen) atoms. The molecule has 0 atom stereocenters. The summed E-state index contributed by atoms with van der Waals surface area (Å²) in [5.41, 5.74) is 2.46. The van der Waals surface area contributed by atoms with Gasteiger partial charge >= 0.3 is 0 Å². The summed E-state index contributed by atoms with van der Waals surface area (Å²) in [5.74, 6) is 1.78. The Morgan fingerprint density at radius 2 is 2.28 bits per heavy atom. The SMILES string of the molecule is Cc1ccc(-c2[nH]ncc2CNC2(C)CCC2)o1. The van der Waals surface area contributed by atoms with Crippen LogP contribution in [-0.4, -0.2) is 15.7 Å². The summed E-state index contributed by atoms with van der Waals surface area (Å²) in [5, 5.41) is 10.8. The van der Waals surface area contributed by atoms with E-state index in [9.17, 15) is 0 Å². The predicted molar refractivity (Wildman–Crippen MR) is 70.1 cm³/mol. The van der Waals surface area contributed by atoms with Gasteiger partial charge in [-0.1, -0.05) is 0 Å². The van der Waals surface area contributed by atoms with Crippen molar-refractivity contribution in [3.05, 3.63) is 29.7 Å². The lowest BCUT2D eigenvalue weighted by Gasteiger charge is -2.39. The number of hydrogen-bond acceptors (Lipinski definition) is 3. The van der Waals surface area contributed by atoms with Gasteiger partial charge in [0.15, 0.2) is 5.76 Å². The minimum atomic E-state index is 0.313. The molecule has 0 bridgehead atoms. The summed E-state index contributed by atoms with van der Waals surface area (Å²) in [4.78, 5) is 0. The van der Waals surface area contributed by atoms with E-state index in [-0.39, 0.29) is 0 Å². The van der Waals surface area contributed by atoms with E-state index in [4.69, 9.17) is 4.42 Å². The topological polar surface area (TPSA) is 53.9 Å². The number of H-pyrrole nitrogens is 1. The Hall–Kier alpha value is -1.55. The van der Waals surface area contributed by atoms with Crippen LogP contribution in [0.5, 0.6) is 0 Å². The molecule has 1 aliphatic rings. The first kappa shape index (κ1) is 11.5. The van der Waals surface area contributed by atoms with Gasteiger partial charge in [0.25, 0.3) is 0 Å². The Morgan fingerprint density at radius 3 is 2.89 bits per heavy atom. The summed E-state index contributed by atoms with van der Waals surface area (Å²) >= 11 is 0. The van der Waals surface area contributed by atoms with Crippen LogP contribution in [0.4, 0.5) is 0 Å². The molecule has 0 unspecified atom stereocenters. The fourth-order valence-electron chi connectivity index (χ4n) is 2.42. The van der Waals surface area contributed by atoms with Crippen LogP contribution in [0.3, 0.4) is 0 Å². The van der Waals surface area contributed by atoms with Crippen molar-refractivity contribution in [1.29, 1.82) is 0 Å². The zero-order valence-corrected chi connectivity index (χ0v) is 10.9. The summed E-state index contributed by atoms with van der Waals surface area (Å²) in [6.45, 7) is 5.07. The van der Waals surface area contributed by atoms with Crippen molar-refractivity contribution >= 4 is 0 Å². The lowest BCUT2D eigenvalue weighted by Crippen LogP contribution is -2.47. The fraction of sp³-hybridized carbons (Fsp3) is 0.500. The van der Waals surface area contributed by atoms with Crippen molar-refractivity contribution < 1.29 is 4.42 Å². The average Bonchev–Trinajstić information content (AvgIpc) is 2.92. The second-order valence-electron chi connectivity index (χ2n) is 5.45. The molecule has 1 fully saturated rings.